The summed E-state index contributed by atoms with van der Waals surface area (Å²) in [4.78, 5) is 9.42. The van der Waals surface area contributed by atoms with E-state index in [1.165, 1.54) is 36.5 Å². The van der Waals surface area contributed by atoms with Gasteiger partial charge in [-0.1, -0.05) is 32.9 Å². The van der Waals surface area contributed by atoms with Gasteiger partial charge in [0.15, 0.2) is 0 Å². The average molecular weight is 438 g/mol. The number of ether oxygens (including phenoxy) is 2. The molecule has 3 atom stereocenters. The van der Waals surface area contributed by atoms with Gasteiger partial charge >= 0.3 is 0 Å². The maximum absolute atomic E-state index is 6.51. The van der Waals surface area contributed by atoms with Gasteiger partial charge in [0.25, 0.3) is 0 Å². The highest BCUT2D eigenvalue weighted by molar-refractivity contribution is 5.55. The molecule has 2 unspecified atom stereocenters. The van der Waals surface area contributed by atoms with Crippen LogP contribution < -0.4 is 9.64 Å². The van der Waals surface area contributed by atoms with Crippen LogP contribution in [0.1, 0.15) is 52.0 Å². The predicted octanol–water partition coefficient (Wildman–Crippen LogP) is 5.34. The van der Waals surface area contributed by atoms with Crippen molar-refractivity contribution in [2.75, 3.05) is 38.2 Å². The highest BCUT2D eigenvalue weighted by atomic mass is 16.5. The monoisotopic (exact) mass is 437 g/mol. The summed E-state index contributed by atoms with van der Waals surface area (Å²) < 4.78 is 11.9. The van der Waals surface area contributed by atoms with E-state index in [2.05, 4.69) is 65.9 Å². The van der Waals surface area contributed by atoms with Gasteiger partial charge in [-0.05, 0) is 42.9 Å². The summed E-state index contributed by atoms with van der Waals surface area (Å²) in [5, 5.41) is 0. The van der Waals surface area contributed by atoms with E-state index in [0.717, 1.165) is 50.4 Å². The number of piperidine rings is 1. The van der Waals surface area contributed by atoms with Crippen molar-refractivity contribution in [1.82, 2.24) is 9.88 Å². The molecule has 1 aromatic heterocycles. The van der Waals surface area contributed by atoms with Crippen molar-refractivity contribution in [1.29, 1.82) is 0 Å². The summed E-state index contributed by atoms with van der Waals surface area (Å²) in [5.74, 6) is 2.97. The number of pyridine rings is 1. The molecule has 0 saturated carbocycles. The number of likely N-dealkylation sites (tertiary alicyclic amines) is 1. The van der Waals surface area contributed by atoms with Crippen LogP contribution in [-0.2, 0) is 11.2 Å². The lowest BCUT2D eigenvalue weighted by molar-refractivity contribution is 0.0615. The van der Waals surface area contributed by atoms with Crippen LogP contribution in [0.15, 0.2) is 48.0 Å². The van der Waals surface area contributed by atoms with Crippen molar-refractivity contribution >= 4 is 5.69 Å². The SMILES string of the molecule is CCc1cnc(OC)cc1N1CCC(OC2=CC/C=C(/N3CC[C@@H](C)C3)CC=C2)C(C)C1. The molecule has 2 fully saturated rings. The van der Waals surface area contributed by atoms with Crippen LogP contribution in [0.25, 0.3) is 0 Å². The van der Waals surface area contributed by atoms with Crippen molar-refractivity contribution < 1.29 is 9.47 Å². The molecule has 1 aromatic rings. The minimum absolute atomic E-state index is 0.248. The molecule has 2 aliphatic heterocycles. The number of aryl methyl sites for hydroxylation is 1. The van der Waals surface area contributed by atoms with E-state index >= 15 is 0 Å². The highest BCUT2D eigenvalue weighted by Gasteiger charge is 2.29. The second kappa shape index (κ2) is 10.5. The number of hydrogen-bond acceptors (Lipinski definition) is 5. The predicted molar refractivity (Wildman–Crippen MR) is 131 cm³/mol. The largest absolute Gasteiger partial charge is 0.490 e. The Hall–Kier alpha value is -2.43. The van der Waals surface area contributed by atoms with Crippen LogP contribution in [0.2, 0.25) is 0 Å². The maximum atomic E-state index is 6.51. The van der Waals surface area contributed by atoms with E-state index in [4.69, 9.17) is 9.47 Å². The number of nitrogens with zero attached hydrogens (tertiary/aromatic N) is 3. The molecule has 5 nitrogen and oxygen atoms in total. The highest BCUT2D eigenvalue weighted by Crippen LogP contribution is 2.31. The summed E-state index contributed by atoms with van der Waals surface area (Å²) in [5.41, 5.74) is 4.00. The zero-order valence-electron chi connectivity index (χ0n) is 20.2. The second-order valence-electron chi connectivity index (χ2n) is 9.56. The zero-order chi connectivity index (χ0) is 22.5. The fourth-order valence-corrected chi connectivity index (χ4v) is 5.13. The van der Waals surface area contributed by atoms with Crippen molar-refractivity contribution in [2.24, 2.45) is 11.8 Å². The third-order valence-corrected chi connectivity index (χ3v) is 7.09. The van der Waals surface area contributed by atoms with Gasteiger partial charge in [-0.25, -0.2) is 4.98 Å². The first-order chi connectivity index (χ1) is 15.6. The molecule has 0 amide bonds. The van der Waals surface area contributed by atoms with E-state index in [-0.39, 0.29) is 6.10 Å². The summed E-state index contributed by atoms with van der Waals surface area (Å²) in [7, 11) is 1.68. The van der Waals surface area contributed by atoms with Gasteiger partial charge in [0, 0.05) is 68.6 Å². The third kappa shape index (κ3) is 5.31. The Morgan fingerprint density at radius 2 is 1.94 bits per heavy atom. The zero-order valence-corrected chi connectivity index (χ0v) is 20.2. The van der Waals surface area contributed by atoms with Crippen LogP contribution in [0, 0.1) is 11.8 Å². The van der Waals surface area contributed by atoms with Crippen molar-refractivity contribution in [2.45, 2.75) is 59.0 Å². The van der Waals surface area contributed by atoms with E-state index in [1.54, 1.807) is 7.11 Å². The van der Waals surface area contributed by atoms with Crippen LogP contribution >= 0.6 is 0 Å². The lowest BCUT2D eigenvalue weighted by Crippen LogP contribution is -2.43. The first kappa shape index (κ1) is 22.8. The fraction of sp³-hybridized carbons (Fsp3) is 0.593. The molecule has 32 heavy (non-hydrogen) atoms. The van der Waals surface area contributed by atoms with Gasteiger partial charge in [-0.15, -0.1) is 0 Å². The van der Waals surface area contributed by atoms with Gasteiger partial charge in [0.2, 0.25) is 5.88 Å². The first-order valence-corrected chi connectivity index (χ1v) is 12.3. The van der Waals surface area contributed by atoms with Crippen LogP contribution in [0.3, 0.4) is 0 Å². The lowest BCUT2D eigenvalue weighted by Gasteiger charge is -2.39. The van der Waals surface area contributed by atoms with Crippen LogP contribution in [0.4, 0.5) is 5.69 Å². The van der Waals surface area contributed by atoms with E-state index in [0.29, 0.717) is 11.8 Å². The summed E-state index contributed by atoms with van der Waals surface area (Å²) >= 11 is 0. The number of aromatic nitrogens is 1. The second-order valence-corrected chi connectivity index (χ2v) is 9.56. The topological polar surface area (TPSA) is 37.8 Å². The molecule has 1 aliphatic carbocycles. The summed E-state index contributed by atoms with van der Waals surface area (Å²) in [6.07, 6.45) is 16.6. The van der Waals surface area contributed by atoms with Crippen molar-refractivity contribution in [3.8, 4) is 5.88 Å². The normalized spacial score (nSPS) is 27.9. The molecule has 0 N–H and O–H groups in total. The van der Waals surface area contributed by atoms with Gasteiger partial charge in [0.1, 0.15) is 11.9 Å². The number of hydrogen-bond donors (Lipinski definition) is 0. The fourth-order valence-electron chi connectivity index (χ4n) is 5.13. The average Bonchev–Trinajstić information content (AvgIpc) is 3.22. The molecule has 0 spiro atoms. The van der Waals surface area contributed by atoms with Gasteiger partial charge in [-0.2, -0.15) is 0 Å². The molecular formula is C27H39N3O2. The third-order valence-electron chi connectivity index (χ3n) is 7.09. The Kier molecular flexibility index (Phi) is 7.44. The number of anilines is 1. The van der Waals surface area contributed by atoms with Gasteiger partial charge in [0.05, 0.1) is 7.11 Å². The number of allylic oxidation sites excluding steroid dienone is 4. The minimum atomic E-state index is 0.248. The van der Waals surface area contributed by atoms with E-state index in [9.17, 15) is 0 Å². The Labute approximate surface area is 193 Å². The standard InChI is InChI=1S/C27H39N3O2/c1-5-22-17-28-27(31-4)16-25(22)30-15-13-26(21(3)19-30)32-24-10-6-8-23(9-7-11-24)29-14-12-20(2)18-29/h6,9-11,16-17,20-21,26H,5,7-8,12-15,18-19H2,1-4H3/b10-6?,23-9+,24-11?/t20-,21?,26?/m1/s1. The molecule has 3 aliphatic rings. The Morgan fingerprint density at radius 3 is 2.66 bits per heavy atom. The van der Waals surface area contributed by atoms with E-state index < -0.39 is 0 Å². The lowest BCUT2D eigenvalue weighted by atomic mass is 9.95. The number of methoxy groups -OCH3 is 1. The van der Waals surface area contributed by atoms with Crippen molar-refractivity contribution in [3.63, 3.8) is 0 Å². The summed E-state index contributed by atoms with van der Waals surface area (Å²) in [6, 6.07) is 2.08. The smallest absolute Gasteiger partial charge is 0.215 e. The number of rotatable bonds is 6. The van der Waals surface area contributed by atoms with Crippen LogP contribution in [0.5, 0.6) is 5.88 Å². The molecule has 0 bridgehead atoms. The molecule has 4 rings (SSSR count). The van der Waals surface area contributed by atoms with Crippen molar-refractivity contribution in [3.05, 3.63) is 53.6 Å². The Morgan fingerprint density at radius 1 is 1.09 bits per heavy atom. The maximum Gasteiger partial charge on any atom is 0.215 e. The minimum Gasteiger partial charge on any atom is -0.490 e. The molecule has 0 radical (unpaired) electrons. The molecular weight excluding hydrogens is 398 g/mol. The van der Waals surface area contributed by atoms with Gasteiger partial charge < -0.3 is 19.3 Å². The molecule has 3 heterocycles. The van der Waals surface area contributed by atoms with Gasteiger partial charge in [-0.3, -0.25) is 0 Å². The molecule has 2 saturated heterocycles. The first-order valence-electron chi connectivity index (χ1n) is 12.3. The Bertz CT molecular complexity index is 876. The Balaban J connectivity index is 1.36. The molecule has 5 heteroatoms. The molecule has 0 aromatic carbocycles. The quantitative estimate of drug-likeness (QED) is 0.600. The molecule has 174 valence electrons. The van der Waals surface area contributed by atoms with Crippen LogP contribution in [-0.4, -0.2) is 49.3 Å². The summed E-state index contributed by atoms with van der Waals surface area (Å²) in [6.45, 7) is 11.2. The van der Waals surface area contributed by atoms with E-state index in [1.807, 2.05) is 6.20 Å².